The van der Waals surface area contributed by atoms with Crippen LogP contribution >= 0.6 is 0 Å². The number of primary amides is 1. The third-order valence-electron chi connectivity index (χ3n) is 2.32. The number of carbonyl (C=O) groups is 1. The fourth-order valence-corrected chi connectivity index (χ4v) is 1.49. The number of rotatable bonds is 5. The SMILES string of the molecule is CCN(CC(N)=O)c1ccc(CN)cc1F. The Morgan fingerprint density at radius 2 is 2.19 bits per heavy atom. The first-order valence-electron chi connectivity index (χ1n) is 5.10. The smallest absolute Gasteiger partial charge is 0.236 e. The zero-order valence-electron chi connectivity index (χ0n) is 9.24. The van der Waals surface area contributed by atoms with Crippen molar-refractivity contribution in [3.8, 4) is 0 Å². The summed E-state index contributed by atoms with van der Waals surface area (Å²) >= 11 is 0. The lowest BCUT2D eigenvalue weighted by molar-refractivity contribution is -0.116. The quantitative estimate of drug-likeness (QED) is 0.770. The molecule has 0 saturated carbocycles. The first-order valence-corrected chi connectivity index (χ1v) is 5.10. The highest BCUT2D eigenvalue weighted by atomic mass is 19.1. The van der Waals surface area contributed by atoms with Crippen LogP contribution in [0.2, 0.25) is 0 Å². The van der Waals surface area contributed by atoms with E-state index in [-0.39, 0.29) is 12.4 Å². The van der Waals surface area contributed by atoms with E-state index in [0.717, 1.165) is 5.56 Å². The molecular weight excluding hydrogens is 209 g/mol. The molecule has 0 aliphatic heterocycles. The predicted molar refractivity (Wildman–Crippen MR) is 61.4 cm³/mol. The van der Waals surface area contributed by atoms with Crippen LogP contribution in [0, 0.1) is 5.82 Å². The zero-order chi connectivity index (χ0) is 12.1. The molecule has 5 heteroatoms. The number of carbonyl (C=O) groups excluding carboxylic acids is 1. The van der Waals surface area contributed by atoms with E-state index in [4.69, 9.17) is 11.5 Å². The van der Waals surface area contributed by atoms with Gasteiger partial charge in [-0.05, 0) is 24.6 Å². The zero-order valence-corrected chi connectivity index (χ0v) is 9.24. The number of likely N-dealkylation sites (N-methyl/N-ethyl adjacent to an activating group) is 1. The Bertz CT molecular complexity index is 381. The van der Waals surface area contributed by atoms with Crippen molar-refractivity contribution in [3.63, 3.8) is 0 Å². The van der Waals surface area contributed by atoms with Gasteiger partial charge < -0.3 is 16.4 Å². The van der Waals surface area contributed by atoms with E-state index < -0.39 is 5.91 Å². The molecule has 1 aromatic rings. The van der Waals surface area contributed by atoms with Crippen LogP contribution in [0.5, 0.6) is 0 Å². The molecular formula is C11H16FN3O. The van der Waals surface area contributed by atoms with E-state index in [1.807, 2.05) is 6.92 Å². The molecule has 0 atom stereocenters. The number of benzene rings is 1. The minimum absolute atomic E-state index is 0.00932. The minimum Gasteiger partial charge on any atom is -0.368 e. The van der Waals surface area contributed by atoms with Crippen LogP contribution in [-0.4, -0.2) is 19.0 Å². The Labute approximate surface area is 94.0 Å². The normalized spacial score (nSPS) is 10.2. The van der Waals surface area contributed by atoms with E-state index in [9.17, 15) is 9.18 Å². The van der Waals surface area contributed by atoms with E-state index >= 15 is 0 Å². The van der Waals surface area contributed by atoms with Crippen LogP contribution in [0.3, 0.4) is 0 Å². The third-order valence-corrected chi connectivity index (χ3v) is 2.32. The first-order chi connectivity index (χ1) is 7.58. The Morgan fingerprint density at radius 3 is 2.62 bits per heavy atom. The third kappa shape index (κ3) is 2.93. The highest BCUT2D eigenvalue weighted by Gasteiger charge is 2.12. The van der Waals surface area contributed by atoms with Crippen LogP contribution in [-0.2, 0) is 11.3 Å². The average molecular weight is 225 g/mol. The van der Waals surface area contributed by atoms with Gasteiger partial charge in [-0.1, -0.05) is 6.07 Å². The topological polar surface area (TPSA) is 72.3 Å². The summed E-state index contributed by atoms with van der Waals surface area (Å²) in [6.45, 7) is 2.65. The van der Waals surface area contributed by atoms with Gasteiger partial charge in [0.1, 0.15) is 5.82 Å². The predicted octanol–water partition coefficient (Wildman–Crippen LogP) is 0.596. The van der Waals surface area contributed by atoms with Gasteiger partial charge in [0.05, 0.1) is 12.2 Å². The highest BCUT2D eigenvalue weighted by molar-refractivity contribution is 5.79. The van der Waals surface area contributed by atoms with Crippen LogP contribution in [0.1, 0.15) is 12.5 Å². The fraction of sp³-hybridized carbons (Fsp3) is 0.364. The molecule has 0 aliphatic carbocycles. The van der Waals surface area contributed by atoms with Gasteiger partial charge in [0.25, 0.3) is 0 Å². The van der Waals surface area contributed by atoms with Crippen LogP contribution < -0.4 is 16.4 Å². The Morgan fingerprint density at radius 1 is 1.50 bits per heavy atom. The van der Waals surface area contributed by atoms with E-state index in [1.54, 1.807) is 17.0 Å². The van der Waals surface area contributed by atoms with Gasteiger partial charge in [-0.2, -0.15) is 0 Å². The average Bonchev–Trinajstić information content (AvgIpc) is 2.25. The highest BCUT2D eigenvalue weighted by Crippen LogP contribution is 2.20. The number of hydrogen-bond donors (Lipinski definition) is 2. The maximum Gasteiger partial charge on any atom is 0.236 e. The minimum atomic E-state index is -0.482. The molecule has 0 saturated heterocycles. The molecule has 1 rings (SSSR count). The standard InChI is InChI=1S/C11H16FN3O/c1-2-15(7-11(14)16)10-4-3-8(6-13)5-9(10)12/h3-5H,2,6-7,13H2,1H3,(H2,14,16). The summed E-state index contributed by atoms with van der Waals surface area (Å²) in [5.41, 5.74) is 11.6. The van der Waals surface area contributed by atoms with Crippen LogP contribution in [0.4, 0.5) is 10.1 Å². The molecule has 0 heterocycles. The largest absolute Gasteiger partial charge is 0.368 e. The molecule has 1 aromatic carbocycles. The molecule has 88 valence electrons. The summed E-state index contributed by atoms with van der Waals surface area (Å²) in [4.78, 5) is 12.4. The maximum absolute atomic E-state index is 13.7. The molecule has 0 radical (unpaired) electrons. The van der Waals surface area contributed by atoms with Gasteiger partial charge in [-0.15, -0.1) is 0 Å². The monoisotopic (exact) mass is 225 g/mol. The van der Waals surface area contributed by atoms with Crippen molar-refractivity contribution in [2.75, 3.05) is 18.0 Å². The number of amides is 1. The van der Waals surface area contributed by atoms with E-state index in [2.05, 4.69) is 0 Å². The lowest BCUT2D eigenvalue weighted by Crippen LogP contribution is -2.34. The van der Waals surface area contributed by atoms with Gasteiger partial charge in [0.2, 0.25) is 5.91 Å². The van der Waals surface area contributed by atoms with Crippen molar-refractivity contribution >= 4 is 11.6 Å². The number of hydrogen-bond acceptors (Lipinski definition) is 3. The van der Waals surface area contributed by atoms with Gasteiger partial charge in [-0.3, -0.25) is 4.79 Å². The number of anilines is 1. The van der Waals surface area contributed by atoms with Crippen molar-refractivity contribution in [2.45, 2.75) is 13.5 Å². The van der Waals surface area contributed by atoms with E-state index in [1.165, 1.54) is 6.07 Å². The summed E-state index contributed by atoms with van der Waals surface area (Å²) in [5.74, 6) is -0.866. The Balaban J connectivity index is 2.96. The Hall–Kier alpha value is -1.62. The van der Waals surface area contributed by atoms with Crippen molar-refractivity contribution < 1.29 is 9.18 Å². The van der Waals surface area contributed by atoms with Crippen molar-refractivity contribution in [3.05, 3.63) is 29.6 Å². The molecule has 4 N–H and O–H groups in total. The molecule has 0 aromatic heterocycles. The summed E-state index contributed by atoms with van der Waals surface area (Å²) in [5, 5.41) is 0. The Kier molecular flexibility index (Phi) is 4.25. The fourth-order valence-electron chi connectivity index (χ4n) is 1.49. The van der Waals surface area contributed by atoms with Gasteiger partial charge in [-0.25, -0.2) is 4.39 Å². The molecule has 0 spiro atoms. The molecule has 0 bridgehead atoms. The second-order valence-corrected chi connectivity index (χ2v) is 3.47. The number of halogens is 1. The van der Waals surface area contributed by atoms with Gasteiger partial charge >= 0.3 is 0 Å². The first kappa shape index (κ1) is 12.4. The number of nitrogens with zero attached hydrogens (tertiary/aromatic N) is 1. The summed E-state index contributed by atoms with van der Waals surface area (Å²) in [6.07, 6.45) is 0. The van der Waals surface area contributed by atoms with Crippen molar-refractivity contribution in [1.82, 2.24) is 0 Å². The van der Waals surface area contributed by atoms with Gasteiger partial charge in [0.15, 0.2) is 0 Å². The lowest BCUT2D eigenvalue weighted by Gasteiger charge is -2.22. The molecule has 1 amide bonds. The molecule has 0 fully saturated rings. The second kappa shape index (κ2) is 5.46. The number of nitrogens with two attached hydrogens (primary N) is 2. The molecule has 16 heavy (non-hydrogen) atoms. The van der Waals surface area contributed by atoms with Crippen molar-refractivity contribution in [2.24, 2.45) is 11.5 Å². The van der Waals surface area contributed by atoms with Gasteiger partial charge in [0, 0.05) is 13.1 Å². The second-order valence-electron chi connectivity index (χ2n) is 3.47. The van der Waals surface area contributed by atoms with Crippen LogP contribution in [0.15, 0.2) is 18.2 Å². The lowest BCUT2D eigenvalue weighted by atomic mass is 10.2. The molecule has 0 aliphatic rings. The maximum atomic E-state index is 13.7. The van der Waals surface area contributed by atoms with Crippen LogP contribution in [0.25, 0.3) is 0 Å². The molecule has 4 nitrogen and oxygen atoms in total. The molecule has 0 unspecified atom stereocenters. The summed E-state index contributed by atoms with van der Waals surface area (Å²) in [6, 6.07) is 4.73. The summed E-state index contributed by atoms with van der Waals surface area (Å²) in [7, 11) is 0. The van der Waals surface area contributed by atoms with E-state index in [0.29, 0.717) is 18.8 Å². The van der Waals surface area contributed by atoms with Crippen molar-refractivity contribution in [1.29, 1.82) is 0 Å². The summed E-state index contributed by atoms with van der Waals surface area (Å²) < 4.78 is 13.7.